The van der Waals surface area contributed by atoms with Crippen LogP contribution >= 0.6 is 0 Å². The Morgan fingerprint density at radius 1 is 1.29 bits per heavy atom. The minimum absolute atomic E-state index is 0.0884. The lowest BCUT2D eigenvalue weighted by atomic mass is 10.1. The first-order chi connectivity index (χ1) is 9.94. The van der Waals surface area contributed by atoms with E-state index in [9.17, 15) is 8.42 Å². The molecule has 0 amide bonds. The van der Waals surface area contributed by atoms with Gasteiger partial charge in [-0.2, -0.15) is 12.7 Å². The molecule has 0 aromatic heterocycles. The molecule has 116 valence electrons. The highest BCUT2D eigenvalue weighted by atomic mass is 32.2. The molecular weight excluding hydrogens is 290 g/mol. The zero-order chi connectivity index (χ0) is 15.0. The second-order valence-electron chi connectivity index (χ2n) is 5.73. The predicted molar refractivity (Wildman–Crippen MR) is 82.8 cm³/mol. The van der Waals surface area contributed by atoms with Crippen LogP contribution in [-0.2, 0) is 21.4 Å². The number of hydrogen-bond acceptors (Lipinski definition) is 4. The van der Waals surface area contributed by atoms with E-state index in [2.05, 4.69) is 10.0 Å². The summed E-state index contributed by atoms with van der Waals surface area (Å²) in [7, 11) is -3.54. The molecule has 2 unspecified atom stereocenters. The molecular formula is C14H21N3O3S. The summed E-state index contributed by atoms with van der Waals surface area (Å²) in [5.41, 5.74) is 2.86. The Balaban J connectivity index is 1.76. The van der Waals surface area contributed by atoms with Gasteiger partial charge in [0.05, 0.1) is 17.9 Å². The third-order valence-corrected chi connectivity index (χ3v) is 5.26. The summed E-state index contributed by atoms with van der Waals surface area (Å²) < 4.78 is 34.7. The topological polar surface area (TPSA) is 70.7 Å². The van der Waals surface area contributed by atoms with Gasteiger partial charge in [-0.1, -0.05) is 0 Å². The molecule has 2 aliphatic heterocycles. The van der Waals surface area contributed by atoms with Crippen molar-refractivity contribution in [2.75, 3.05) is 29.7 Å². The van der Waals surface area contributed by atoms with Gasteiger partial charge in [0.15, 0.2) is 0 Å². The van der Waals surface area contributed by atoms with Crippen LogP contribution < -0.4 is 10.0 Å². The molecule has 1 fully saturated rings. The van der Waals surface area contributed by atoms with E-state index < -0.39 is 10.2 Å². The van der Waals surface area contributed by atoms with E-state index >= 15 is 0 Å². The summed E-state index contributed by atoms with van der Waals surface area (Å²) in [5, 5.41) is 3.26. The van der Waals surface area contributed by atoms with Crippen molar-refractivity contribution in [1.29, 1.82) is 0 Å². The molecule has 21 heavy (non-hydrogen) atoms. The average molecular weight is 311 g/mol. The van der Waals surface area contributed by atoms with Crippen molar-refractivity contribution in [1.82, 2.24) is 4.31 Å². The number of ether oxygens (including phenoxy) is 1. The van der Waals surface area contributed by atoms with E-state index in [1.165, 1.54) is 4.31 Å². The first-order valence-corrected chi connectivity index (χ1v) is 8.68. The van der Waals surface area contributed by atoms with Gasteiger partial charge in [0.25, 0.3) is 0 Å². The largest absolute Gasteiger partial charge is 0.384 e. The minimum Gasteiger partial charge on any atom is -0.384 e. The number of morpholine rings is 1. The Bertz CT molecular complexity index is 622. The SMILES string of the molecule is CC1CN(S(=O)(=O)Nc2ccc3c(c2)CCN3)CC(C)O1. The Kier molecular flexibility index (Phi) is 3.81. The minimum atomic E-state index is -3.54. The van der Waals surface area contributed by atoms with Gasteiger partial charge in [-0.3, -0.25) is 4.72 Å². The highest BCUT2D eigenvalue weighted by Gasteiger charge is 2.31. The maximum absolute atomic E-state index is 12.5. The highest BCUT2D eigenvalue weighted by molar-refractivity contribution is 7.90. The van der Waals surface area contributed by atoms with E-state index in [0.29, 0.717) is 18.8 Å². The van der Waals surface area contributed by atoms with Crippen molar-refractivity contribution < 1.29 is 13.2 Å². The Morgan fingerprint density at radius 2 is 2.00 bits per heavy atom. The quantitative estimate of drug-likeness (QED) is 0.886. The fourth-order valence-corrected chi connectivity index (χ4v) is 4.28. The second-order valence-corrected chi connectivity index (χ2v) is 7.40. The van der Waals surface area contributed by atoms with Crippen LogP contribution in [0.3, 0.4) is 0 Å². The van der Waals surface area contributed by atoms with E-state index in [1.807, 2.05) is 26.0 Å². The van der Waals surface area contributed by atoms with Crippen LogP contribution in [0.2, 0.25) is 0 Å². The summed E-state index contributed by atoms with van der Waals surface area (Å²) in [6.07, 6.45) is 0.750. The molecule has 2 N–H and O–H groups in total. The third-order valence-electron chi connectivity index (χ3n) is 3.79. The summed E-state index contributed by atoms with van der Waals surface area (Å²) in [6.45, 7) is 5.45. The molecule has 1 saturated heterocycles. The Hall–Kier alpha value is -1.31. The molecule has 6 nitrogen and oxygen atoms in total. The van der Waals surface area contributed by atoms with Gasteiger partial charge in [0.1, 0.15) is 0 Å². The molecule has 7 heteroatoms. The fourth-order valence-electron chi connectivity index (χ4n) is 2.91. The van der Waals surface area contributed by atoms with Gasteiger partial charge in [0.2, 0.25) is 0 Å². The number of benzene rings is 1. The van der Waals surface area contributed by atoms with E-state index in [-0.39, 0.29) is 12.2 Å². The molecule has 2 atom stereocenters. The monoisotopic (exact) mass is 311 g/mol. The van der Waals surface area contributed by atoms with Crippen molar-refractivity contribution in [3.8, 4) is 0 Å². The average Bonchev–Trinajstić information content (AvgIpc) is 2.84. The number of nitrogens with zero attached hydrogens (tertiary/aromatic N) is 1. The number of rotatable bonds is 3. The van der Waals surface area contributed by atoms with Crippen LogP contribution in [0.25, 0.3) is 0 Å². The first kappa shape index (κ1) is 14.6. The lowest BCUT2D eigenvalue weighted by Crippen LogP contribution is -2.49. The number of nitrogens with one attached hydrogen (secondary N) is 2. The fraction of sp³-hybridized carbons (Fsp3) is 0.571. The van der Waals surface area contributed by atoms with Gasteiger partial charge in [-0.15, -0.1) is 0 Å². The zero-order valence-corrected chi connectivity index (χ0v) is 13.1. The predicted octanol–water partition coefficient (Wildman–Crippen LogP) is 1.42. The van der Waals surface area contributed by atoms with E-state index in [4.69, 9.17) is 4.74 Å². The molecule has 0 bridgehead atoms. The van der Waals surface area contributed by atoms with Crippen LogP contribution in [0, 0.1) is 0 Å². The zero-order valence-electron chi connectivity index (χ0n) is 12.3. The van der Waals surface area contributed by atoms with Gasteiger partial charge in [0, 0.05) is 25.3 Å². The number of fused-ring (bicyclic) bond motifs is 1. The molecule has 0 aliphatic carbocycles. The molecule has 0 radical (unpaired) electrons. The third kappa shape index (κ3) is 3.14. The van der Waals surface area contributed by atoms with E-state index in [1.54, 1.807) is 6.07 Å². The maximum atomic E-state index is 12.5. The normalized spacial score (nSPS) is 26.2. The van der Waals surface area contributed by atoms with Crippen molar-refractivity contribution in [2.45, 2.75) is 32.5 Å². The Labute approximate surface area is 125 Å². The van der Waals surface area contributed by atoms with Crippen LogP contribution in [0.15, 0.2) is 18.2 Å². The van der Waals surface area contributed by atoms with Crippen LogP contribution in [0.1, 0.15) is 19.4 Å². The Morgan fingerprint density at radius 3 is 2.71 bits per heavy atom. The molecule has 3 rings (SSSR count). The molecule has 2 heterocycles. The van der Waals surface area contributed by atoms with Crippen LogP contribution in [0.5, 0.6) is 0 Å². The van der Waals surface area contributed by atoms with Gasteiger partial charge in [-0.05, 0) is 44.0 Å². The molecule has 0 saturated carbocycles. The van der Waals surface area contributed by atoms with E-state index in [0.717, 1.165) is 24.2 Å². The van der Waals surface area contributed by atoms with Gasteiger partial charge < -0.3 is 10.1 Å². The van der Waals surface area contributed by atoms with Crippen LogP contribution in [0.4, 0.5) is 11.4 Å². The molecule has 2 aliphatic rings. The van der Waals surface area contributed by atoms with Crippen molar-refractivity contribution >= 4 is 21.6 Å². The second kappa shape index (κ2) is 5.47. The number of hydrogen-bond donors (Lipinski definition) is 2. The van der Waals surface area contributed by atoms with Crippen LogP contribution in [-0.4, -0.2) is 44.6 Å². The summed E-state index contributed by atoms with van der Waals surface area (Å²) in [5.74, 6) is 0. The summed E-state index contributed by atoms with van der Waals surface area (Å²) in [4.78, 5) is 0. The summed E-state index contributed by atoms with van der Waals surface area (Å²) in [6, 6.07) is 5.62. The first-order valence-electron chi connectivity index (χ1n) is 7.24. The molecule has 0 spiro atoms. The van der Waals surface area contributed by atoms with Crippen molar-refractivity contribution in [3.05, 3.63) is 23.8 Å². The van der Waals surface area contributed by atoms with Gasteiger partial charge >= 0.3 is 10.2 Å². The smallest absolute Gasteiger partial charge is 0.301 e. The molecule has 1 aromatic rings. The lowest BCUT2D eigenvalue weighted by molar-refractivity contribution is -0.0439. The maximum Gasteiger partial charge on any atom is 0.301 e. The lowest BCUT2D eigenvalue weighted by Gasteiger charge is -2.34. The van der Waals surface area contributed by atoms with Crippen molar-refractivity contribution in [2.24, 2.45) is 0 Å². The standard InChI is InChI=1S/C14H21N3O3S/c1-10-8-17(9-11(2)20-10)21(18,19)16-13-3-4-14-12(7-13)5-6-15-14/h3-4,7,10-11,15-16H,5-6,8-9H2,1-2H3. The van der Waals surface area contributed by atoms with Gasteiger partial charge in [-0.25, -0.2) is 0 Å². The summed E-state index contributed by atoms with van der Waals surface area (Å²) >= 11 is 0. The highest BCUT2D eigenvalue weighted by Crippen LogP contribution is 2.26. The number of anilines is 2. The molecule has 1 aromatic carbocycles. The van der Waals surface area contributed by atoms with Crippen molar-refractivity contribution in [3.63, 3.8) is 0 Å².